The van der Waals surface area contributed by atoms with Crippen LogP contribution >= 0.6 is 0 Å². The largest absolute Gasteiger partial charge is 0.489 e. The van der Waals surface area contributed by atoms with Crippen LogP contribution in [0.2, 0.25) is 0 Å². The van der Waals surface area contributed by atoms with E-state index in [9.17, 15) is 9.18 Å². The van der Waals surface area contributed by atoms with Crippen molar-refractivity contribution in [3.05, 3.63) is 65.5 Å². The number of nitrogens with two attached hydrogens (primary N) is 1. The van der Waals surface area contributed by atoms with E-state index in [1.807, 2.05) is 30.3 Å². The van der Waals surface area contributed by atoms with Crippen LogP contribution in [0, 0.1) is 5.82 Å². The van der Waals surface area contributed by atoms with Crippen molar-refractivity contribution in [1.29, 1.82) is 0 Å². The van der Waals surface area contributed by atoms with E-state index >= 15 is 0 Å². The molecular formula is C23H23FN2O4. The molecule has 6 nitrogen and oxygen atoms in total. The second-order valence-electron chi connectivity index (χ2n) is 7.38. The third-order valence-corrected chi connectivity index (χ3v) is 5.29. The summed E-state index contributed by atoms with van der Waals surface area (Å²) in [5.41, 5.74) is 8.26. The maximum absolute atomic E-state index is 14.3. The van der Waals surface area contributed by atoms with Gasteiger partial charge in [0.2, 0.25) is 0 Å². The highest BCUT2D eigenvalue weighted by Gasteiger charge is 2.30. The predicted octanol–water partition coefficient (Wildman–Crippen LogP) is 3.97. The van der Waals surface area contributed by atoms with Gasteiger partial charge in [0.25, 0.3) is 0 Å². The lowest BCUT2D eigenvalue weighted by molar-refractivity contribution is -0.157. The van der Waals surface area contributed by atoms with Gasteiger partial charge >= 0.3 is 5.97 Å². The van der Waals surface area contributed by atoms with Crippen LogP contribution in [0.25, 0.3) is 10.9 Å². The molecular weight excluding hydrogens is 387 g/mol. The topological polar surface area (TPSA) is 83.7 Å². The fourth-order valence-electron chi connectivity index (χ4n) is 3.75. The number of methoxy groups -OCH3 is 1. The maximum atomic E-state index is 14.3. The normalized spacial score (nSPS) is 18.9. The zero-order valence-corrected chi connectivity index (χ0v) is 16.6. The number of nitrogens with zero attached hydrogens (tertiary/aromatic N) is 1. The molecule has 3 aromatic rings. The van der Waals surface area contributed by atoms with E-state index < -0.39 is 12.1 Å². The Labute approximate surface area is 173 Å². The lowest BCUT2D eigenvalue weighted by Gasteiger charge is -2.28. The minimum absolute atomic E-state index is 0.00176. The Hall–Kier alpha value is -3.19. The standard InChI is InChI=1S/C23H23FN2O4/c1-28-23(27)21-11-15(6-7-29-21)17-9-18(24)12-19(10-17)30-13-14-2-4-20-16(8-14)3-5-22(25)26-20/h2-5,8-10,12,15,21H,6-7,11,13H2,1H3,(H2,25,26). The molecule has 0 radical (unpaired) electrons. The summed E-state index contributed by atoms with van der Waals surface area (Å²) in [5, 5.41) is 0.960. The number of ether oxygens (including phenoxy) is 3. The summed E-state index contributed by atoms with van der Waals surface area (Å²) in [6, 6.07) is 14.1. The van der Waals surface area contributed by atoms with Crippen LogP contribution in [-0.2, 0) is 20.9 Å². The third kappa shape index (κ3) is 4.52. The van der Waals surface area contributed by atoms with Crippen molar-refractivity contribution in [2.75, 3.05) is 19.5 Å². The summed E-state index contributed by atoms with van der Waals surface area (Å²) in [6.45, 7) is 0.717. The number of carbonyl (C=O) groups excluding carboxylic acids is 1. The molecule has 2 N–H and O–H groups in total. The molecule has 1 aliphatic rings. The lowest BCUT2D eigenvalue weighted by atomic mass is 9.88. The van der Waals surface area contributed by atoms with Gasteiger partial charge in [-0.1, -0.05) is 6.07 Å². The first kappa shape index (κ1) is 20.1. The Morgan fingerprint density at radius 3 is 2.93 bits per heavy atom. The van der Waals surface area contributed by atoms with Gasteiger partial charge in [0.1, 0.15) is 24.0 Å². The first-order chi connectivity index (χ1) is 14.5. The zero-order chi connectivity index (χ0) is 21.1. The molecule has 0 aliphatic carbocycles. The second kappa shape index (κ2) is 8.67. The van der Waals surface area contributed by atoms with Crippen molar-refractivity contribution in [3.63, 3.8) is 0 Å². The fourth-order valence-corrected chi connectivity index (χ4v) is 3.75. The number of nitrogen functional groups attached to an aromatic ring is 1. The van der Waals surface area contributed by atoms with Crippen molar-refractivity contribution in [2.24, 2.45) is 0 Å². The third-order valence-electron chi connectivity index (χ3n) is 5.29. The number of hydrogen-bond acceptors (Lipinski definition) is 6. The molecule has 0 bridgehead atoms. The number of carbonyl (C=O) groups is 1. The number of pyridine rings is 1. The summed E-state index contributed by atoms with van der Waals surface area (Å²) in [6.07, 6.45) is 0.537. The Morgan fingerprint density at radius 1 is 1.23 bits per heavy atom. The second-order valence-corrected chi connectivity index (χ2v) is 7.38. The molecule has 156 valence electrons. The highest BCUT2D eigenvalue weighted by Crippen LogP contribution is 2.33. The molecule has 1 aromatic heterocycles. The van der Waals surface area contributed by atoms with Gasteiger partial charge in [-0.2, -0.15) is 0 Å². The summed E-state index contributed by atoms with van der Waals surface area (Å²) >= 11 is 0. The summed E-state index contributed by atoms with van der Waals surface area (Å²) in [5.74, 6) is 0.142. The van der Waals surface area contributed by atoms with Crippen LogP contribution < -0.4 is 10.5 Å². The minimum atomic E-state index is -0.623. The number of aromatic nitrogens is 1. The highest BCUT2D eigenvalue weighted by molar-refractivity contribution is 5.80. The average molecular weight is 410 g/mol. The van der Waals surface area contributed by atoms with Crippen LogP contribution in [0.3, 0.4) is 0 Å². The predicted molar refractivity (Wildman–Crippen MR) is 111 cm³/mol. The van der Waals surface area contributed by atoms with Gasteiger partial charge in [-0.05, 0) is 66.3 Å². The summed E-state index contributed by atoms with van der Waals surface area (Å²) < 4.78 is 30.4. The van der Waals surface area contributed by atoms with Gasteiger partial charge in [0.05, 0.1) is 12.6 Å². The molecule has 0 spiro atoms. The minimum Gasteiger partial charge on any atom is -0.489 e. The summed E-state index contributed by atoms with van der Waals surface area (Å²) in [7, 11) is 1.33. The zero-order valence-electron chi connectivity index (χ0n) is 16.6. The molecule has 1 aliphatic heterocycles. The Morgan fingerprint density at radius 2 is 2.10 bits per heavy atom. The number of benzene rings is 2. The van der Waals surface area contributed by atoms with E-state index in [2.05, 4.69) is 4.98 Å². The SMILES string of the molecule is COC(=O)C1CC(c2cc(F)cc(OCc3ccc4nc(N)ccc4c3)c2)CCO1. The molecule has 4 rings (SSSR count). The van der Waals surface area contributed by atoms with Gasteiger partial charge < -0.3 is 19.9 Å². The lowest BCUT2D eigenvalue weighted by Crippen LogP contribution is -2.32. The van der Waals surface area contributed by atoms with E-state index in [4.69, 9.17) is 19.9 Å². The van der Waals surface area contributed by atoms with Gasteiger partial charge in [0.15, 0.2) is 6.10 Å². The summed E-state index contributed by atoms with van der Waals surface area (Å²) in [4.78, 5) is 16.1. The molecule has 2 heterocycles. The highest BCUT2D eigenvalue weighted by atomic mass is 19.1. The average Bonchev–Trinajstić information content (AvgIpc) is 2.76. The molecule has 1 fully saturated rings. The molecule has 2 aromatic carbocycles. The number of anilines is 1. The Bertz CT molecular complexity index is 1070. The van der Waals surface area contributed by atoms with Gasteiger partial charge in [0, 0.05) is 18.1 Å². The Kier molecular flexibility index (Phi) is 5.81. The van der Waals surface area contributed by atoms with Crippen molar-refractivity contribution >= 4 is 22.7 Å². The molecule has 7 heteroatoms. The first-order valence-electron chi connectivity index (χ1n) is 9.79. The molecule has 30 heavy (non-hydrogen) atoms. The van der Waals surface area contributed by atoms with Crippen LogP contribution in [-0.4, -0.2) is 30.8 Å². The van der Waals surface area contributed by atoms with Gasteiger partial charge in [-0.3, -0.25) is 0 Å². The Balaban J connectivity index is 1.48. The van der Waals surface area contributed by atoms with Crippen molar-refractivity contribution < 1.29 is 23.4 Å². The van der Waals surface area contributed by atoms with E-state index in [0.29, 0.717) is 37.6 Å². The number of fused-ring (bicyclic) bond motifs is 1. The van der Waals surface area contributed by atoms with Gasteiger partial charge in [-0.25, -0.2) is 14.2 Å². The number of esters is 1. The van der Waals surface area contributed by atoms with Crippen LogP contribution in [0.1, 0.15) is 29.9 Å². The van der Waals surface area contributed by atoms with Crippen molar-refractivity contribution in [3.8, 4) is 5.75 Å². The number of halogens is 1. The van der Waals surface area contributed by atoms with Crippen LogP contribution in [0.15, 0.2) is 48.5 Å². The van der Waals surface area contributed by atoms with Crippen LogP contribution in [0.5, 0.6) is 5.75 Å². The molecule has 2 unspecified atom stereocenters. The van der Waals surface area contributed by atoms with Gasteiger partial charge in [-0.15, -0.1) is 0 Å². The van der Waals surface area contributed by atoms with E-state index in [0.717, 1.165) is 22.0 Å². The van der Waals surface area contributed by atoms with E-state index in [1.54, 1.807) is 6.07 Å². The number of rotatable bonds is 5. The smallest absolute Gasteiger partial charge is 0.334 e. The quantitative estimate of drug-likeness (QED) is 0.641. The maximum Gasteiger partial charge on any atom is 0.334 e. The first-order valence-corrected chi connectivity index (χ1v) is 9.79. The monoisotopic (exact) mass is 410 g/mol. The fraction of sp³-hybridized carbons (Fsp3) is 0.304. The van der Waals surface area contributed by atoms with Crippen molar-refractivity contribution in [1.82, 2.24) is 4.98 Å². The molecule has 2 atom stereocenters. The molecule has 1 saturated heterocycles. The van der Waals surface area contributed by atoms with Crippen LogP contribution in [0.4, 0.5) is 10.2 Å². The van der Waals surface area contributed by atoms with Crippen molar-refractivity contribution in [2.45, 2.75) is 31.5 Å². The van der Waals surface area contributed by atoms with E-state index in [-0.39, 0.29) is 11.7 Å². The molecule has 0 saturated carbocycles. The number of hydrogen-bond donors (Lipinski definition) is 1. The van der Waals surface area contributed by atoms with E-state index in [1.165, 1.54) is 19.2 Å². The molecule has 0 amide bonds.